The lowest BCUT2D eigenvalue weighted by molar-refractivity contribution is 0.477. The van der Waals surface area contributed by atoms with Crippen LogP contribution in [0.1, 0.15) is 19.4 Å². The lowest BCUT2D eigenvalue weighted by Gasteiger charge is -2.17. The third-order valence-electron chi connectivity index (χ3n) is 3.35. The van der Waals surface area contributed by atoms with Gasteiger partial charge >= 0.3 is 0 Å². The van der Waals surface area contributed by atoms with Crippen molar-refractivity contribution in [1.29, 1.82) is 0 Å². The van der Waals surface area contributed by atoms with Crippen molar-refractivity contribution in [3.05, 3.63) is 41.5 Å². The molecule has 0 amide bonds. The molecule has 0 saturated heterocycles. The van der Waals surface area contributed by atoms with Crippen LogP contribution in [0.4, 0.5) is 5.69 Å². The van der Waals surface area contributed by atoms with Gasteiger partial charge in [0.2, 0.25) is 10.0 Å². The molecule has 19 heavy (non-hydrogen) atoms. The molecule has 0 spiro atoms. The van der Waals surface area contributed by atoms with E-state index in [-0.39, 0.29) is 5.75 Å². The molecule has 0 atom stereocenters. The minimum Gasteiger partial charge on any atom is -0.399 e. The summed E-state index contributed by atoms with van der Waals surface area (Å²) in [6.45, 7) is 5.17. The summed E-state index contributed by atoms with van der Waals surface area (Å²) in [5.74, 6) is 0.407. The van der Waals surface area contributed by atoms with Crippen LogP contribution in [0.5, 0.6) is 0 Å². The number of nitrogens with two attached hydrogens (primary N) is 1. The Morgan fingerprint density at radius 3 is 2.68 bits per heavy atom. The Labute approximate surface area is 115 Å². The fraction of sp³-hybridized carbons (Fsp3) is 0.429. The zero-order valence-electron chi connectivity index (χ0n) is 11.3. The molecule has 0 aliphatic carbocycles. The summed E-state index contributed by atoms with van der Waals surface area (Å²) in [6.07, 6.45) is 2.02. The highest BCUT2D eigenvalue weighted by Gasteiger charge is 2.27. The molecule has 2 N–H and O–H groups in total. The molecule has 1 heterocycles. The van der Waals surface area contributed by atoms with Gasteiger partial charge in [0.15, 0.2) is 0 Å². The number of hydrogen-bond acceptors (Lipinski definition) is 3. The molecule has 5 heteroatoms. The first-order valence-electron chi connectivity index (χ1n) is 6.39. The van der Waals surface area contributed by atoms with Crippen LogP contribution >= 0.6 is 0 Å². The highest BCUT2D eigenvalue weighted by atomic mass is 32.2. The van der Waals surface area contributed by atoms with Crippen molar-refractivity contribution in [2.75, 3.05) is 18.8 Å². The van der Waals surface area contributed by atoms with E-state index in [1.165, 1.54) is 9.88 Å². The number of sulfonamides is 1. The van der Waals surface area contributed by atoms with E-state index in [0.717, 1.165) is 5.56 Å². The van der Waals surface area contributed by atoms with Gasteiger partial charge in [-0.2, -0.15) is 4.31 Å². The Kier molecular flexibility index (Phi) is 3.96. The van der Waals surface area contributed by atoms with Gasteiger partial charge in [-0.15, -0.1) is 0 Å². The number of hydrogen-bond donors (Lipinski definition) is 1. The SMILES string of the molecule is CC(C)C1=CCN(S(=O)(=O)Cc2cccc(N)c2)C1. The van der Waals surface area contributed by atoms with Crippen molar-refractivity contribution in [3.8, 4) is 0 Å². The van der Waals surface area contributed by atoms with Crippen molar-refractivity contribution in [1.82, 2.24) is 4.31 Å². The molecule has 104 valence electrons. The Hall–Kier alpha value is -1.33. The summed E-state index contributed by atoms with van der Waals surface area (Å²) in [6, 6.07) is 7.04. The molecule has 0 aromatic heterocycles. The van der Waals surface area contributed by atoms with Crippen LogP contribution in [0.2, 0.25) is 0 Å². The highest BCUT2D eigenvalue weighted by Crippen LogP contribution is 2.22. The quantitative estimate of drug-likeness (QED) is 0.677. The second kappa shape index (κ2) is 5.35. The highest BCUT2D eigenvalue weighted by molar-refractivity contribution is 7.88. The van der Waals surface area contributed by atoms with Crippen LogP contribution in [0.15, 0.2) is 35.9 Å². The second-order valence-electron chi connectivity index (χ2n) is 5.23. The van der Waals surface area contributed by atoms with E-state index in [4.69, 9.17) is 5.73 Å². The Morgan fingerprint density at radius 2 is 2.11 bits per heavy atom. The fourth-order valence-electron chi connectivity index (χ4n) is 2.17. The maximum atomic E-state index is 12.3. The maximum Gasteiger partial charge on any atom is 0.218 e. The number of anilines is 1. The minimum atomic E-state index is -3.27. The topological polar surface area (TPSA) is 63.4 Å². The first kappa shape index (κ1) is 14.1. The van der Waals surface area contributed by atoms with E-state index in [2.05, 4.69) is 13.8 Å². The van der Waals surface area contributed by atoms with Crippen molar-refractivity contribution in [2.24, 2.45) is 5.92 Å². The predicted octanol–water partition coefficient (Wildman–Crippen LogP) is 2.00. The second-order valence-corrected chi connectivity index (χ2v) is 7.20. The van der Waals surface area contributed by atoms with Crippen molar-refractivity contribution < 1.29 is 8.42 Å². The van der Waals surface area contributed by atoms with E-state index >= 15 is 0 Å². The summed E-state index contributed by atoms with van der Waals surface area (Å²) in [5.41, 5.74) is 8.19. The minimum absolute atomic E-state index is 0.0112. The first-order valence-corrected chi connectivity index (χ1v) is 8.00. The molecule has 0 unspecified atom stereocenters. The van der Waals surface area contributed by atoms with E-state index in [1.807, 2.05) is 6.08 Å². The number of benzene rings is 1. The normalized spacial score (nSPS) is 16.9. The van der Waals surface area contributed by atoms with Gasteiger partial charge in [0, 0.05) is 18.8 Å². The summed E-state index contributed by atoms with van der Waals surface area (Å²) in [4.78, 5) is 0. The average Bonchev–Trinajstić information content (AvgIpc) is 2.78. The van der Waals surface area contributed by atoms with Crippen molar-refractivity contribution in [2.45, 2.75) is 19.6 Å². The van der Waals surface area contributed by atoms with Crippen LogP contribution in [0.25, 0.3) is 0 Å². The molecule has 1 aromatic rings. The van der Waals surface area contributed by atoms with Gasteiger partial charge in [0.1, 0.15) is 0 Å². The zero-order valence-corrected chi connectivity index (χ0v) is 12.2. The molecule has 0 saturated carbocycles. The predicted molar refractivity (Wildman–Crippen MR) is 78.0 cm³/mol. The molecule has 0 bridgehead atoms. The standard InChI is InChI=1S/C14H20N2O2S/c1-11(2)13-6-7-16(9-13)19(17,18)10-12-4-3-5-14(15)8-12/h3-6,8,11H,7,9-10,15H2,1-2H3. The maximum absolute atomic E-state index is 12.3. The lowest BCUT2D eigenvalue weighted by atomic mass is 10.1. The summed E-state index contributed by atoms with van der Waals surface area (Å²) >= 11 is 0. The number of rotatable bonds is 4. The van der Waals surface area contributed by atoms with Gasteiger partial charge < -0.3 is 5.73 Å². The van der Waals surface area contributed by atoms with Crippen LogP contribution in [0, 0.1) is 5.92 Å². The third kappa shape index (κ3) is 3.36. The molecule has 4 nitrogen and oxygen atoms in total. The lowest BCUT2D eigenvalue weighted by Crippen LogP contribution is -2.30. The van der Waals surface area contributed by atoms with Crippen LogP contribution in [-0.2, 0) is 15.8 Å². The van der Waals surface area contributed by atoms with Gasteiger partial charge in [0.25, 0.3) is 0 Å². The Balaban J connectivity index is 2.09. The molecule has 1 aromatic carbocycles. The van der Waals surface area contributed by atoms with Gasteiger partial charge in [-0.3, -0.25) is 0 Å². The van der Waals surface area contributed by atoms with Gasteiger partial charge in [-0.1, -0.05) is 37.6 Å². The molecule has 0 radical (unpaired) electrons. The van der Waals surface area contributed by atoms with Crippen LogP contribution in [-0.4, -0.2) is 25.8 Å². The van der Waals surface area contributed by atoms with Gasteiger partial charge in [-0.05, 0) is 23.6 Å². The van der Waals surface area contributed by atoms with Crippen LogP contribution in [0.3, 0.4) is 0 Å². The largest absolute Gasteiger partial charge is 0.399 e. The smallest absolute Gasteiger partial charge is 0.218 e. The van der Waals surface area contributed by atoms with Crippen LogP contribution < -0.4 is 5.73 Å². The van der Waals surface area contributed by atoms with E-state index in [1.54, 1.807) is 24.3 Å². The Bertz CT molecular complexity index is 591. The average molecular weight is 280 g/mol. The summed E-state index contributed by atoms with van der Waals surface area (Å²) in [5, 5.41) is 0. The number of nitrogen functional groups attached to an aromatic ring is 1. The first-order chi connectivity index (χ1) is 8.88. The molecule has 1 aliphatic heterocycles. The van der Waals surface area contributed by atoms with E-state index in [0.29, 0.717) is 24.7 Å². The number of nitrogens with zero attached hydrogens (tertiary/aromatic N) is 1. The fourth-order valence-corrected chi connectivity index (χ4v) is 3.60. The summed E-state index contributed by atoms with van der Waals surface area (Å²) in [7, 11) is -3.27. The molecular weight excluding hydrogens is 260 g/mol. The zero-order chi connectivity index (χ0) is 14.0. The molecule has 1 aliphatic rings. The third-order valence-corrected chi connectivity index (χ3v) is 5.11. The monoisotopic (exact) mass is 280 g/mol. The van der Waals surface area contributed by atoms with E-state index in [9.17, 15) is 8.42 Å². The van der Waals surface area contributed by atoms with E-state index < -0.39 is 10.0 Å². The Morgan fingerprint density at radius 1 is 1.37 bits per heavy atom. The molecule has 0 fully saturated rings. The van der Waals surface area contributed by atoms with Gasteiger partial charge in [-0.25, -0.2) is 8.42 Å². The summed E-state index contributed by atoms with van der Waals surface area (Å²) < 4.78 is 26.2. The molecule has 2 rings (SSSR count). The van der Waals surface area contributed by atoms with Crippen molar-refractivity contribution in [3.63, 3.8) is 0 Å². The van der Waals surface area contributed by atoms with Gasteiger partial charge in [0.05, 0.1) is 5.75 Å². The van der Waals surface area contributed by atoms with Crippen molar-refractivity contribution >= 4 is 15.7 Å². The molecular formula is C14H20N2O2S.